The smallest absolute Gasteiger partial charge is 0.155 e. The van der Waals surface area contributed by atoms with Gasteiger partial charge in [0.25, 0.3) is 0 Å². The maximum atomic E-state index is 9.07. The van der Waals surface area contributed by atoms with Crippen molar-refractivity contribution in [2.45, 2.75) is 108 Å². The van der Waals surface area contributed by atoms with E-state index in [9.17, 15) is 0 Å². The Labute approximate surface area is 640 Å². The quantitative estimate of drug-likeness (QED) is 0.0872. The van der Waals surface area contributed by atoms with Crippen LogP contribution in [-0.2, 0) is 0 Å². The van der Waals surface area contributed by atoms with Crippen LogP contribution in [0.3, 0.4) is 0 Å². The molecule has 3 aliphatic carbocycles. The summed E-state index contributed by atoms with van der Waals surface area (Å²) in [7, 11) is 0. The first-order chi connectivity index (χ1) is 18.5. The molecular formula is C24H68Br4La9O24. The Balaban J connectivity index is -0.0000000177. The van der Waals surface area contributed by atoms with Crippen LogP contribution in [0.2, 0.25) is 0 Å². The average Bonchev–Trinajstić information content (AvgIpc) is 2.85. The van der Waals surface area contributed by atoms with Gasteiger partial charge in [-0.3, -0.25) is 0 Å². The Kier molecular flexibility index (Phi) is 179. The summed E-state index contributed by atoms with van der Waals surface area (Å²) < 4.78 is 0. The summed E-state index contributed by atoms with van der Waals surface area (Å²) in [6.45, 7) is 0. The molecule has 0 heterocycles. The summed E-state index contributed by atoms with van der Waals surface area (Å²) in [5.74, 6) is -1.24. The van der Waals surface area contributed by atoms with E-state index in [1.54, 1.807) is 0 Å². The molecule has 0 aromatic heterocycles. The van der Waals surface area contributed by atoms with Crippen molar-refractivity contribution in [3.8, 4) is 0 Å². The second-order valence-corrected chi connectivity index (χ2v) is 15.5. The van der Waals surface area contributed by atoms with Crippen LogP contribution in [0, 0.1) is 356 Å². The molecule has 0 aliphatic heterocycles. The van der Waals surface area contributed by atoms with E-state index < -0.39 is 37.7 Å². The van der Waals surface area contributed by atoms with E-state index in [-0.39, 0.29) is 441 Å². The molecule has 24 nitrogen and oxygen atoms in total. The van der Waals surface area contributed by atoms with Gasteiger partial charge in [0.1, 0.15) is 0 Å². The van der Waals surface area contributed by atoms with E-state index in [0.717, 1.165) is 0 Å². The van der Waals surface area contributed by atoms with Gasteiger partial charge in [-0.2, -0.15) is 0 Å². The molecule has 3 aliphatic rings. The summed E-state index contributed by atoms with van der Waals surface area (Å²) >= 11 is 13.3. The molecule has 3 saturated carbocycles. The molecule has 0 bridgehead atoms. The molecule has 10 unspecified atom stereocenters. The number of alkyl halides is 4. The van der Waals surface area contributed by atoms with Crippen molar-refractivity contribution in [3.05, 3.63) is 0 Å². The van der Waals surface area contributed by atoms with Gasteiger partial charge < -0.3 is 127 Å². The number of hydrogen-bond donors (Lipinski definition) is 12. The zero-order chi connectivity index (χ0) is 30.9. The van der Waals surface area contributed by atoms with Gasteiger partial charge in [0, 0.05) is 375 Å². The molecule has 9 radical (unpaired) electrons. The van der Waals surface area contributed by atoms with E-state index in [2.05, 4.69) is 63.7 Å². The maximum absolute atomic E-state index is 9.07. The molecule has 10 atom stereocenters. The molecule has 37 heteroatoms. The third-order valence-electron chi connectivity index (χ3n) is 8.03. The minimum absolute atomic E-state index is 0. The first-order valence-corrected chi connectivity index (χ1v) is 16.9. The van der Waals surface area contributed by atoms with Gasteiger partial charge in [0.15, 0.2) is 37.7 Å². The normalized spacial score (nSPS) is 24.3. The molecule has 0 saturated heterocycles. The average molecular weight is 2310 g/mol. The Morgan fingerprint density at radius 1 is 0.246 bits per heavy atom. The van der Waals surface area contributed by atoms with Crippen LogP contribution in [-0.4, -0.2) is 184 Å². The first-order valence-electron chi connectivity index (χ1n) is 13.2. The third kappa shape index (κ3) is 57.7. The topological polar surface area (TPSA) is 621 Å². The van der Waals surface area contributed by atoms with Crippen molar-refractivity contribution in [2.24, 2.45) is 35.5 Å². The standard InChI is InChI=1S/C8H14Br2O4.2C8H15BrO4.9La.12H2O/c9-5-1-3(7(11)12)6(10)2-4(5)8(13)14;2*9-6-3-4(7(10)11)1-2-5(6)8(12)13;;;;;;;;;;;;;;;;;;;;;/h3-8,11-14H,1-2H2;2*4-8,10-13H,1-3H2;;;;;;;;;;12*1H2. The van der Waals surface area contributed by atoms with E-state index in [1.807, 2.05) is 0 Å². The predicted molar refractivity (Wildman–Crippen MR) is 201 cm³/mol. The van der Waals surface area contributed by atoms with Crippen LogP contribution in [0.5, 0.6) is 0 Å². The first kappa shape index (κ1) is 140. The second-order valence-electron chi connectivity index (χ2n) is 10.8. The monoisotopic (exact) mass is 2310 g/mol. The van der Waals surface area contributed by atoms with Gasteiger partial charge in [-0.1, -0.05) is 63.7 Å². The SMILES string of the molecule is O.O.O.O.O.O.O.O.O.O.O.O.OC(O)C1CC(Br)C(C(O)O)CC1Br.OC(O)C1CCC(C(O)O)C(Br)C1.OC(O)C1CCC(C(O)O)C(Br)C1.[La].[La].[La].[La].[La].[La].[La].[La].[La]. The molecule has 0 amide bonds. The Hall–Kier alpha value is 11.7. The van der Waals surface area contributed by atoms with Crippen molar-refractivity contribution < 1.29 is 447 Å². The summed E-state index contributed by atoms with van der Waals surface area (Å²) in [5, 5.41) is 108. The number of halogens is 4. The third-order valence-corrected chi connectivity index (χ3v) is 12.2. The summed E-state index contributed by atoms with van der Waals surface area (Å²) in [6.07, 6.45) is -3.33. The molecule has 36 N–H and O–H groups in total. The second kappa shape index (κ2) is 78.2. The van der Waals surface area contributed by atoms with Crippen molar-refractivity contribution in [2.75, 3.05) is 0 Å². The largest absolute Gasteiger partial charge is 0.412 e. The van der Waals surface area contributed by atoms with Crippen LogP contribution >= 0.6 is 63.7 Å². The number of aliphatic hydroxyl groups is 12. The fourth-order valence-corrected chi connectivity index (χ4v) is 9.21. The van der Waals surface area contributed by atoms with Gasteiger partial charge in [0.05, 0.1) is 0 Å². The molecule has 363 valence electrons. The van der Waals surface area contributed by atoms with Gasteiger partial charge in [-0.05, 0) is 51.4 Å². The number of rotatable bonds is 6. The van der Waals surface area contributed by atoms with Gasteiger partial charge in [-0.15, -0.1) is 0 Å². The Morgan fingerprint density at radius 2 is 0.410 bits per heavy atom. The molecule has 0 aromatic carbocycles. The van der Waals surface area contributed by atoms with Crippen molar-refractivity contribution in [3.63, 3.8) is 0 Å². The van der Waals surface area contributed by atoms with Gasteiger partial charge >= 0.3 is 0 Å². The minimum atomic E-state index is -1.36. The fourth-order valence-electron chi connectivity index (χ4n) is 5.33. The Bertz CT molecular complexity index is 688. The number of hydrogen-bond acceptors (Lipinski definition) is 12. The molecule has 0 spiro atoms. The van der Waals surface area contributed by atoms with E-state index in [0.29, 0.717) is 51.4 Å². The molecule has 0 aromatic rings. The summed E-state index contributed by atoms with van der Waals surface area (Å²) in [5.41, 5.74) is 0. The molecule has 61 heavy (non-hydrogen) atoms. The Morgan fingerprint density at radius 3 is 0.541 bits per heavy atom. The van der Waals surface area contributed by atoms with Crippen molar-refractivity contribution in [1.82, 2.24) is 0 Å². The van der Waals surface area contributed by atoms with Crippen molar-refractivity contribution >= 4 is 63.7 Å². The molecule has 3 fully saturated rings. The minimum Gasteiger partial charge on any atom is -0.412 e. The van der Waals surface area contributed by atoms with Gasteiger partial charge in [0.2, 0.25) is 0 Å². The number of aliphatic hydroxyl groups excluding tert-OH is 6. The van der Waals surface area contributed by atoms with E-state index in [4.69, 9.17) is 61.3 Å². The van der Waals surface area contributed by atoms with E-state index in [1.165, 1.54) is 0 Å². The van der Waals surface area contributed by atoms with Crippen LogP contribution < -0.4 is 0 Å². The van der Waals surface area contributed by atoms with Gasteiger partial charge in [-0.25, -0.2) is 0 Å². The fraction of sp³-hybridized carbons (Fsp3) is 1.00. The van der Waals surface area contributed by atoms with E-state index >= 15 is 0 Å². The molecule has 3 rings (SSSR count). The van der Waals surface area contributed by atoms with Crippen molar-refractivity contribution in [1.29, 1.82) is 0 Å². The zero-order valence-electron chi connectivity index (χ0n) is 33.0. The van der Waals surface area contributed by atoms with Crippen LogP contribution in [0.25, 0.3) is 0 Å². The summed E-state index contributed by atoms with van der Waals surface area (Å²) in [6, 6.07) is 0. The predicted octanol–water partition coefficient (Wildman–Crippen LogP) is -10.2. The molecular weight excluding hydrogens is 2240 g/mol. The zero-order valence-corrected chi connectivity index (χ0v) is 71.9. The maximum Gasteiger partial charge on any atom is 0.155 e. The van der Waals surface area contributed by atoms with Crippen LogP contribution in [0.4, 0.5) is 0 Å². The van der Waals surface area contributed by atoms with Crippen LogP contribution in [0.1, 0.15) is 51.4 Å². The summed E-state index contributed by atoms with van der Waals surface area (Å²) in [4.78, 5) is -0.285. The van der Waals surface area contributed by atoms with Crippen LogP contribution in [0.15, 0.2) is 0 Å².